The Balaban J connectivity index is 1.43. The van der Waals surface area contributed by atoms with E-state index < -0.39 is 0 Å². The van der Waals surface area contributed by atoms with Crippen molar-refractivity contribution in [2.75, 3.05) is 0 Å². The molecule has 1 aliphatic rings. The highest BCUT2D eigenvalue weighted by Gasteiger charge is 2.20. The first-order chi connectivity index (χ1) is 11.9. The number of rotatable bonds is 5. The molecule has 8 heteroatoms. The van der Waals surface area contributed by atoms with Gasteiger partial charge in [-0.2, -0.15) is 0 Å². The van der Waals surface area contributed by atoms with E-state index in [1.54, 1.807) is 29.3 Å². The SMILES string of the molecule is c1ccc(-c2nc(CSc3nnnn3C3CCCCC3)cs2)nc1. The van der Waals surface area contributed by atoms with E-state index in [9.17, 15) is 0 Å². The van der Waals surface area contributed by atoms with Gasteiger partial charge in [0.05, 0.1) is 17.4 Å². The number of pyridine rings is 1. The fourth-order valence-electron chi connectivity index (χ4n) is 2.95. The predicted molar refractivity (Wildman–Crippen MR) is 94.8 cm³/mol. The molecule has 0 radical (unpaired) electrons. The van der Waals surface area contributed by atoms with Crippen molar-refractivity contribution >= 4 is 23.1 Å². The molecule has 0 bridgehead atoms. The van der Waals surface area contributed by atoms with Crippen LogP contribution in [0.3, 0.4) is 0 Å². The van der Waals surface area contributed by atoms with Gasteiger partial charge >= 0.3 is 0 Å². The Morgan fingerprint density at radius 1 is 1.21 bits per heavy atom. The van der Waals surface area contributed by atoms with Crippen LogP contribution in [0.25, 0.3) is 10.7 Å². The predicted octanol–water partition coefficient (Wildman–Crippen LogP) is 3.99. The van der Waals surface area contributed by atoms with Gasteiger partial charge < -0.3 is 0 Å². The van der Waals surface area contributed by atoms with Gasteiger partial charge in [-0.15, -0.1) is 16.4 Å². The van der Waals surface area contributed by atoms with Crippen LogP contribution in [0, 0.1) is 0 Å². The minimum Gasteiger partial charge on any atom is -0.254 e. The third-order valence-corrected chi connectivity index (χ3v) is 6.05. The molecule has 0 unspecified atom stereocenters. The molecule has 124 valence electrons. The number of aromatic nitrogens is 6. The Morgan fingerprint density at radius 3 is 2.96 bits per heavy atom. The summed E-state index contributed by atoms with van der Waals surface area (Å²) >= 11 is 3.29. The van der Waals surface area contributed by atoms with Crippen LogP contribution in [0.15, 0.2) is 34.9 Å². The van der Waals surface area contributed by atoms with E-state index in [0.717, 1.165) is 27.3 Å². The zero-order valence-corrected chi connectivity index (χ0v) is 14.8. The summed E-state index contributed by atoms with van der Waals surface area (Å²) in [6.45, 7) is 0. The fourth-order valence-corrected chi connectivity index (χ4v) is 4.69. The van der Waals surface area contributed by atoms with Crippen LogP contribution < -0.4 is 0 Å². The summed E-state index contributed by atoms with van der Waals surface area (Å²) in [6.07, 6.45) is 8.03. The van der Waals surface area contributed by atoms with Crippen LogP contribution in [0.5, 0.6) is 0 Å². The lowest BCUT2D eigenvalue weighted by molar-refractivity contribution is 0.307. The molecule has 3 aromatic heterocycles. The van der Waals surface area contributed by atoms with Gasteiger partial charge in [-0.1, -0.05) is 37.1 Å². The Hall–Kier alpha value is -1.80. The zero-order chi connectivity index (χ0) is 16.2. The van der Waals surface area contributed by atoms with Crippen molar-refractivity contribution in [3.63, 3.8) is 0 Å². The van der Waals surface area contributed by atoms with Crippen molar-refractivity contribution in [1.82, 2.24) is 30.2 Å². The smallest absolute Gasteiger partial charge is 0.209 e. The third-order valence-electron chi connectivity index (χ3n) is 4.17. The molecule has 0 N–H and O–H groups in total. The number of thioether (sulfide) groups is 1. The number of hydrogen-bond donors (Lipinski definition) is 0. The maximum Gasteiger partial charge on any atom is 0.209 e. The summed E-state index contributed by atoms with van der Waals surface area (Å²) < 4.78 is 2.01. The van der Waals surface area contributed by atoms with Gasteiger partial charge in [-0.3, -0.25) is 4.98 Å². The van der Waals surface area contributed by atoms with Crippen LogP contribution >= 0.6 is 23.1 Å². The average Bonchev–Trinajstić information content (AvgIpc) is 3.31. The monoisotopic (exact) mass is 358 g/mol. The molecule has 0 amide bonds. The Morgan fingerprint density at radius 2 is 2.12 bits per heavy atom. The van der Waals surface area contributed by atoms with E-state index in [4.69, 9.17) is 0 Å². The van der Waals surface area contributed by atoms with Crippen molar-refractivity contribution in [1.29, 1.82) is 0 Å². The lowest BCUT2D eigenvalue weighted by Crippen LogP contribution is -2.15. The van der Waals surface area contributed by atoms with Crippen molar-refractivity contribution in [3.05, 3.63) is 35.5 Å². The number of hydrogen-bond acceptors (Lipinski definition) is 7. The molecule has 3 heterocycles. The lowest BCUT2D eigenvalue weighted by atomic mass is 9.96. The minimum atomic E-state index is 0.454. The van der Waals surface area contributed by atoms with Gasteiger partial charge in [0, 0.05) is 17.3 Å². The second-order valence-electron chi connectivity index (χ2n) is 5.85. The largest absolute Gasteiger partial charge is 0.254 e. The molecular formula is C16H18N6S2. The fraction of sp³-hybridized carbons (Fsp3) is 0.438. The molecule has 6 nitrogen and oxygen atoms in total. The Bertz CT molecular complexity index is 779. The molecule has 24 heavy (non-hydrogen) atoms. The van der Waals surface area contributed by atoms with Crippen LogP contribution in [-0.4, -0.2) is 30.2 Å². The molecule has 1 saturated carbocycles. The highest BCUT2D eigenvalue weighted by molar-refractivity contribution is 7.98. The van der Waals surface area contributed by atoms with Crippen molar-refractivity contribution < 1.29 is 0 Å². The highest BCUT2D eigenvalue weighted by atomic mass is 32.2. The molecule has 1 aliphatic carbocycles. The van der Waals surface area contributed by atoms with Crippen molar-refractivity contribution in [2.24, 2.45) is 0 Å². The zero-order valence-electron chi connectivity index (χ0n) is 13.2. The van der Waals surface area contributed by atoms with Gasteiger partial charge in [-0.25, -0.2) is 9.67 Å². The first-order valence-electron chi connectivity index (χ1n) is 8.16. The van der Waals surface area contributed by atoms with Crippen LogP contribution in [-0.2, 0) is 5.75 Å². The molecule has 4 rings (SSSR count). The molecule has 0 saturated heterocycles. The summed E-state index contributed by atoms with van der Waals surface area (Å²) in [5, 5.41) is 16.2. The minimum absolute atomic E-state index is 0.454. The quantitative estimate of drug-likeness (QED) is 0.642. The molecule has 1 fully saturated rings. The van der Waals surface area contributed by atoms with Gasteiger partial charge in [0.2, 0.25) is 5.16 Å². The van der Waals surface area contributed by atoms with Crippen LogP contribution in [0.2, 0.25) is 0 Å². The topological polar surface area (TPSA) is 69.4 Å². The first-order valence-corrected chi connectivity index (χ1v) is 10.0. The number of nitrogens with zero attached hydrogens (tertiary/aromatic N) is 6. The summed E-state index contributed by atoms with van der Waals surface area (Å²) in [4.78, 5) is 9.03. The van der Waals surface area contributed by atoms with E-state index >= 15 is 0 Å². The molecule has 0 atom stereocenters. The lowest BCUT2D eigenvalue weighted by Gasteiger charge is -2.21. The summed E-state index contributed by atoms with van der Waals surface area (Å²) in [5.41, 5.74) is 1.97. The summed E-state index contributed by atoms with van der Waals surface area (Å²) in [6, 6.07) is 6.34. The standard InChI is InChI=1S/C16H18N6S2/c1-2-6-13(7-3-1)22-16(19-20-21-22)24-11-12-10-23-15(18-12)14-8-4-5-9-17-14/h4-5,8-10,13H,1-3,6-7,11H2. The highest BCUT2D eigenvalue weighted by Crippen LogP contribution is 2.31. The number of thiazole rings is 1. The second kappa shape index (κ2) is 7.40. The van der Waals surface area contributed by atoms with Crippen molar-refractivity contribution in [3.8, 4) is 10.7 Å². The van der Waals surface area contributed by atoms with E-state index in [-0.39, 0.29) is 0 Å². The third kappa shape index (κ3) is 3.49. The van der Waals surface area contributed by atoms with Gasteiger partial charge in [-0.05, 0) is 35.4 Å². The summed E-state index contributed by atoms with van der Waals surface area (Å²) in [5.74, 6) is 0.774. The molecule has 0 spiro atoms. The molecular weight excluding hydrogens is 340 g/mol. The maximum absolute atomic E-state index is 4.68. The van der Waals surface area contributed by atoms with Gasteiger partial charge in [0.1, 0.15) is 5.01 Å². The van der Waals surface area contributed by atoms with E-state index in [0.29, 0.717) is 6.04 Å². The van der Waals surface area contributed by atoms with E-state index in [1.165, 1.54) is 32.1 Å². The molecule has 3 aromatic rings. The normalized spacial score (nSPS) is 15.7. The second-order valence-corrected chi connectivity index (χ2v) is 7.65. The first kappa shape index (κ1) is 15.7. The molecule has 0 aromatic carbocycles. The Kier molecular flexibility index (Phi) is 4.84. The Labute approximate surface area is 148 Å². The maximum atomic E-state index is 4.68. The molecule has 0 aliphatic heterocycles. The van der Waals surface area contributed by atoms with Crippen LogP contribution in [0.4, 0.5) is 0 Å². The van der Waals surface area contributed by atoms with Crippen LogP contribution in [0.1, 0.15) is 43.8 Å². The average molecular weight is 358 g/mol. The van der Waals surface area contributed by atoms with E-state index in [2.05, 4.69) is 30.9 Å². The van der Waals surface area contributed by atoms with Gasteiger partial charge in [0.15, 0.2) is 0 Å². The summed E-state index contributed by atoms with van der Waals surface area (Å²) in [7, 11) is 0. The van der Waals surface area contributed by atoms with Gasteiger partial charge in [0.25, 0.3) is 0 Å². The van der Waals surface area contributed by atoms with E-state index in [1.807, 2.05) is 22.9 Å². The van der Waals surface area contributed by atoms with Crippen molar-refractivity contribution in [2.45, 2.75) is 49.1 Å². The number of tetrazole rings is 1.